The Labute approximate surface area is 114 Å². The number of benzene rings is 2. The van der Waals surface area contributed by atoms with Crippen molar-refractivity contribution in [2.45, 2.75) is 0 Å². The lowest BCUT2D eigenvalue weighted by molar-refractivity contribution is 0.628. The molecule has 0 saturated heterocycles. The summed E-state index contributed by atoms with van der Waals surface area (Å²) in [5.74, 6) is 0.180. The second kappa shape index (κ2) is 5.09. The number of hydrogen-bond donors (Lipinski definition) is 1. The van der Waals surface area contributed by atoms with Crippen LogP contribution in [-0.2, 0) is 0 Å². The van der Waals surface area contributed by atoms with Crippen LogP contribution in [0.25, 0.3) is 22.6 Å². The minimum Gasteiger partial charge on any atom is -0.306 e. The molecule has 0 unspecified atom stereocenters. The summed E-state index contributed by atoms with van der Waals surface area (Å²) in [6.07, 6.45) is 0. The zero-order valence-corrected chi connectivity index (χ0v) is 10.5. The molecule has 98 valence electrons. The van der Waals surface area contributed by atoms with Crippen LogP contribution in [0.15, 0.2) is 65.5 Å². The van der Waals surface area contributed by atoms with E-state index in [9.17, 15) is 9.18 Å². The SMILES string of the molecule is O=c1cc(-c2ccc(F)cc2)nc(-c2ccccc2)[nH]1. The zero-order chi connectivity index (χ0) is 13.9. The molecule has 0 atom stereocenters. The molecule has 1 heterocycles. The molecule has 0 aliphatic rings. The van der Waals surface area contributed by atoms with Gasteiger partial charge in [-0.15, -0.1) is 0 Å². The third-order valence-corrected chi connectivity index (χ3v) is 2.93. The van der Waals surface area contributed by atoms with Crippen LogP contribution in [0.1, 0.15) is 0 Å². The molecule has 1 N–H and O–H groups in total. The molecule has 0 amide bonds. The smallest absolute Gasteiger partial charge is 0.251 e. The highest BCUT2D eigenvalue weighted by Crippen LogP contribution is 2.19. The highest BCUT2D eigenvalue weighted by atomic mass is 19.1. The van der Waals surface area contributed by atoms with Crippen molar-refractivity contribution in [3.05, 3.63) is 76.8 Å². The first-order chi connectivity index (χ1) is 9.72. The molecule has 3 aromatic rings. The van der Waals surface area contributed by atoms with Gasteiger partial charge in [0.2, 0.25) is 0 Å². The highest BCUT2D eigenvalue weighted by molar-refractivity contribution is 5.63. The molecule has 0 radical (unpaired) electrons. The molecular weight excluding hydrogens is 255 g/mol. The van der Waals surface area contributed by atoms with Crippen LogP contribution in [0.3, 0.4) is 0 Å². The summed E-state index contributed by atoms with van der Waals surface area (Å²) in [7, 11) is 0. The third-order valence-electron chi connectivity index (χ3n) is 2.93. The van der Waals surface area contributed by atoms with E-state index in [4.69, 9.17) is 0 Å². The number of nitrogens with one attached hydrogen (secondary N) is 1. The lowest BCUT2D eigenvalue weighted by atomic mass is 10.1. The molecule has 0 aliphatic carbocycles. The number of hydrogen-bond acceptors (Lipinski definition) is 2. The molecule has 3 nitrogen and oxygen atoms in total. The maximum absolute atomic E-state index is 12.9. The number of halogens is 1. The highest BCUT2D eigenvalue weighted by Gasteiger charge is 2.06. The van der Waals surface area contributed by atoms with E-state index in [1.54, 1.807) is 12.1 Å². The van der Waals surface area contributed by atoms with Crippen molar-refractivity contribution in [3.63, 3.8) is 0 Å². The van der Waals surface area contributed by atoms with E-state index in [2.05, 4.69) is 9.97 Å². The van der Waals surface area contributed by atoms with Crippen LogP contribution < -0.4 is 5.56 Å². The first-order valence-electron chi connectivity index (χ1n) is 6.15. The van der Waals surface area contributed by atoms with E-state index in [0.29, 0.717) is 17.1 Å². The number of nitrogens with zero attached hydrogens (tertiary/aromatic N) is 1. The summed E-state index contributed by atoms with van der Waals surface area (Å²) in [6.45, 7) is 0. The molecule has 0 aliphatic heterocycles. The van der Waals surface area contributed by atoms with Gasteiger partial charge in [-0.1, -0.05) is 30.3 Å². The zero-order valence-electron chi connectivity index (χ0n) is 10.5. The number of aromatic nitrogens is 2. The summed E-state index contributed by atoms with van der Waals surface area (Å²) in [4.78, 5) is 18.9. The summed E-state index contributed by atoms with van der Waals surface area (Å²) in [6, 6.07) is 16.7. The molecule has 1 aromatic heterocycles. The maximum Gasteiger partial charge on any atom is 0.251 e. The molecule has 0 saturated carbocycles. The van der Waals surface area contributed by atoms with Gasteiger partial charge in [-0.25, -0.2) is 9.37 Å². The van der Waals surface area contributed by atoms with Crippen LogP contribution >= 0.6 is 0 Å². The Morgan fingerprint density at radius 2 is 1.60 bits per heavy atom. The largest absolute Gasteiger partial charge is 0.306 e. The molecule has 2 aromatic carbocycles. The minimum atomic E-state index is -0.318. The maximum atomic E-state index is 12.9. The van der Waals surface area contributed by atoms with Gasteiger partial charge in [0.25, 0.3) is 5.56 Å². The van der Waals surface area contributed by atoms with Crippen molar-refractivity contribution < 1.29 is 4.39 Å². The lowest BCUT2D eigenvalue weighted by Gasteiger charge is -2.04. The van der Waals surface area contributed by atoms with Gasteiger partial charge in [-0.05, 0) is 24.3 Å². The predicted octanol–water partition coefficient (Wildman–Crippen LogP) is 3.24. The Hall–Kier alpha value is -2.75. The Balaban J connectivity index is 2.12. The summed E-state index contributed by atoms with van der Waals surface area (Å²) < 4.78 is 12.9. The average Bonchev–Trinajstić information content (AvgIpc) is 2.48. The Bertz CT molecular complexity index is 780. The minimum absolute atomic E-state index is 0.238. The molecular formula is C16H11FN2O. The van der Waals surface area contributed by atoms with Gasteiger partial charge in [-0.2, -0.15) is 0 Å². The standard InChI is InChI=1S/C16H11FN2O/c17-13-8-6-11(7-9-13)14-10-15(20)19-16(18-14)12-4-2-1-3-5-12/h1-10H,(H,18,19,20). The van der Waals surface area contributed by atoms with Gasteiger partial charge >= 0.3 is 0 Å². The lowest BCUT2D eigenvalue weighted by Crippen LogP contribution is -2.08. The van der Waals surface area contributed by atoms with Gasteiger partial charge in [-0.3, -0.25) is 4.79 Å². The van der Waals surface area contributed by atoms with Crippen LogP contribution in [0.2, 0.25) is 0 Å². The molecule has 0 bridgehead atoms. The third kappa shape index (κ3) is 2.49. The predicted molar refractivity (Wildman–Crippen MR) is 75.7 cm³/mol. The molecule has 4 heteroatoms. The van der Waals surface area contributed by atoms with E-state index >= 15 is 0 Å². The fourth-order valence-corrected chi connectivity index (χ4v) is 1.96. The molecule has 0 fully saturated rings. The monoisotopic (exact) mass is 266 g/mol. The van der Waals surface area contributed by atoms with Gasteiger partial charge in [0, 0.05) is 17.2 Å². The number of H-pyrrole nitrogens is 1. The molecule has 0 spiro atoms. The second-order valence-electron chi connectivity index (χ2n) is 4.35. The van der Waals surface area contributed by atoms with Crippen molar-refractivity contribution >= 4 is 0 Å². The van der Waals surface area contributed by atoms with Crippen molar-refractivity contribution in [2.24, 2.45) is 0 Å². The first-order valence-corrected chi connectivity index (χ1v) is 6.15. The topological polar surface area (TPSA) is 45.8 Å². The Kier molecular flexibility index (Phi) is 3.13. The van der Waals surface area contributed by atoms with Crippen LogP contribution in [0.4, 0.5) is 4.39 Å². The fraction of sp³-hybridized carbons (Fsp3) is 0. The summed E-state index contributed by atoms with van der Waals surface area (Å²) in [5.41, 5.74) is 1.81. The van der Waals surface area contributed by atoms with E-state index in [1.165, 1.54) is 18.2 Å². The van der Waals surface area contributed by atoms with Crippen LogP contribution in [0, 0.1) is 5.82 Å². The molecule has 3 rings (SSSR count). The van der Waals surface area contributed by atoms with Gasteiger partial charge in [0.1, 0.15) is 11.6 Å². The van der Waals surface area contributed by atoms with E-state index in [-0.39, 0.29) is 11.4 Å². The number of aromatic amines is 1. The van der Waals surface area contributed by atoms with Crippen molar-refractivity contribution in [3.8, 4) is 22.6 Å². The van der Waals surface area contributed by atoms with E-state index in [1.807, 2.05) is 30.3 Å². The Morgan fingerprint density at radius 3 is 2.30 bits per heavy atom. The summed E-state index contributed by atoms with van der Waals surface area (Å²) in [5, 5.41) is 0. The van der Waals surface area contributed by atoms with Crippen molar-refractivity contribution in [2.75, 3.05) is 0 Å². The van der Waals surface area contributed by atoms with Gasteiger partial charge < -0.3 is 4.98 Å². The molecule has 20 heavy (non-hydrogen) atoms. The van der Waals surface area contributed by atoms with Gasteiger partial charge in [0.15, 0.2) is 0 Å². The van der Waals surface area contributed by atoms with Crippen LogP contribution in [-0.4, -0.2) is 9.97 Å². The fourth-order valence-electron chi connectivity index (χ4n) is 1.96. The van der Waals surface area contributed by atoms with Crippen molar-refractivity contribution in [1.29, 1.82) is 0 Å². The second-order valence-corrected chi connectivity index (χ2v) is 4.35. The summed E-state index contributed by atoms with van der Waals surface area (Å²) >= 11 is 0. The normalized spacial score (nSPS) is 10.4. The first kappa shape index (κ1) is 12.3. The number of rotatable bonds is 2. The van der Waals surface area contributed by atoms with Crippen molar-refractivity contribution in [1.82, 2.24) is 9.97 Å². The Morgan fingerprint density at radius 1 is 0.900 bits per heavy atom. The van der Waals surface area contributed by atoms with E-state index in [0.717, 1.165) is 5.56 Å². The van der Waals surface area contributed by atoms with Crippen LogP contribution in [0.5, 0.6) is 0 Å². The van der Waals surface area contributed by atoms with Gasteiger partial charge in [0.05, 0.1) is 5.69 Å². The van der Waals surface area contributed by atoms with E-state index < -0.39 is 0 Å². The quantitative estimate of drug-likeness (QED) is 0.774. The average molecular weight is 266 g/mol.